The molecule has 2 aliphatic rings. The number of thiazole rings is 1. The molecule has 4 rings (SSSR count). The van der Waals surface area contributed by atoms with Crippen molar-refractivity contribution in [1.29, 1.82) is 0 Å². The lowest BCUT2D eigenvalue weighted by atomic mass is 9.84. The first-order valence-electron chi connectivity index (χ1n) is 13.7. The van der Waals surface area contributed by atoms with Gasteiger partial charge in [0.1, 0.15) is 12.1 Å². The van der Waals surface area contributed by atoms with Gasteiger partial charge in [0.25, 0.3) is 0 Å². The molecule has 10 heteroatoms. The van der Waals surface area contributed by atoms with Crippen LogP contribution in [0.25, 0.3) is 10.4 Å². The van der Waals surface area contributed by atoms with Crippen LogP contribution in [0.4, 0.5) is 0 Å². The number of aromatic nitrogens is 1. The number of carbonyl (C=O) groups is 3. The lowest BCUT2D eigenvalue weighted by Crippen LogP contribution is -2.58. The molecule has 2 aliphatic heterocycles. The smallest absolute Gasteiger partial charge is 0.246 e. The van der Waals surface area contributed by atoms with Crippen LogP contribution in [0.1, 0.15) is 51.3 Å². The van der Waals surface area contributed by atoms with Gasteiger partial charge in [-0.3, -0.25) is 14.4 Å². The molecule has 2 aromatic rings. The summed E-state index contributed by atoms with van der Waals surface area (Å²) < 4.78 is 0. The third kappa shape index (κ3) is 7.04. The van der Waals surface area contributed by atoms with Crippen molar-refractivity contribution in [2.24, 2.45) is 11.3 Å². The average molecular weight is 556 g/mol. The number of rotatable bonds is 7. The average Bonchev–Trinajstić information content (AvgIpc) is 3.50. The van der Waals surface area contributed by atoms with Crippen LogP contribution in [-0.2, 0) is 20.9 Å². The number of amides is 3. The molecule has 0 bridgehead atoms. The van der Waals surface area contributed by atoms with Crippen LogP contribution < -0.4 is 10.6 Å². The largest absolute Gasteiger partial charge is 0.391 e. The first-order chi connectivity index (χ1) is 18.4. The quantitative estimate of drug-likeness (QED) is 0.484. The van der Waals surface area contributed by atoms with Gasteiger partial charge >= 0.3 is 0 Å². The highest BCUT2D eigenvalue weighted by molar-refractivity contribution is 7.13. The van der Waals surface area contributed by atoms with Crippen LogP contribution >= 0.6 is 11.3 Å². The molecule has 2 fully saturated rings. The fraction of sp³-hybridized carbons (Fsp3) is 0.586. The molecule has 0 spiro atoms. The van der Waals surface area contributed by atoms with Gasteiger partial charge < -0.3 is 25.5 Å². The van der Waals surface area contributed by atoms with Gasteiger partial charge in [0, 0.05) is 25.4 Å². The van der Waals surface area contributed by atoms with Crippen LogP contribution in [0.2, 0.25) is 0 Å². The number of nitrogens with one attached hydrogen (secondary N) is 2. The lowest BCUT2D eigenvalue weighted by molar-refractivity contribution is -0.144. The van der Waals surface area contributed by atoms with Crippen LogP contribution in [0, 0.1) is 18.3 Å². The van der Waals surface area contributed by atoms with Gasteiger partial charge in [0.15, 0.2) is 0 Å². The number of carbonyl (C=O) groups excluding carboxylic acids is 3. The summed E-state index contributed by atoms with van der Waals surface area (Å²) in [4.78, 5) is 49.2. The third-order valence-corrected chi connectivity index (χ3v) is 8.76. The zero-order valence-corrected chi connectivity index (χ0v) is 24.4. The van der Waals surface area contributed by atoms with Crippen molar-refractivity contribution < 1.29 is 19.5 Å². The fourth-order valence-electron chi connectivity index (χ4n) is 5.31. The highest BCUT2D eigenvalue weighted by atomic mass is 32.1. The monoisotopic (exact) mass is 555 g/mol. The number of aliphatic hydroxyl groups excluding tert-OH is 1. The van der Waals surface area contributed by atoms with E-state index in [-0.39, 0.29) is 36.6 Å². The molecule has 3 N–H and O–H groups in total. The Bertz CT molecular complexity index is 1170. The van der Waals surface area contributed by atoms with Gasteiger partial charge in [-0.2, -0.15) is 0 Å². The summed E-state index contributed by atoms with van der Waals surface area (Å²) in [6.45, 7) is 9.77. The maximum atomic E-state index is 13.8. The van der Waals surface area contributed by atoms with E-state index >= 15 is 0 Å². The Labute approximate surface area is 235 Å². The van der Waals surface area contributed by atoms with Crippen LogP contribution in [0.5, 0.6) is 0 Å². The van der Waals surface area contributed by atoms with Crippen molar-refractivity contribution in [2.45, 2.75) is 71.7 Å². The van der Waals surface area contributed by atoms with E-state index in [9.17, 15) is 19.5 Å². The zero-order chi connectivity index (χ0) is 28.3. The molecule has 3 atom stereocenters. The molecule has 0 saturated carbocycles. The number of piperidine rings is 1. The minimum Gasteiger partial charge on any atom is -0.391 e. The van der Waals surface area contributed by atoms with Crippen molar-refractivity contribution in [3.63, 3.8) is 0 Å². The molecule has 0 radical (unpaired) electrons. The van der Waals surface area contributed by atoms with Crippen molar-refractivity contribution in [1.82, 2.24) is 25.4 Å². The Morgan fingerprint density at radius 1 is 1.13 bits per heavy atom. The summed E-state index contributed by atoms with van der Waals surface area (Å²) in [6.07, 6.45) is 0.884. The van der Waals surface area contributed by atoms with Gasteiger partial charge in [0.2, 0.25) is 17.7 Å². The second-order valence-corrected chi connectivity index (χ2v) is 12.8. The van der Waals surface area contributed by atoms with Crippen LogP contribution in [-0.4, -0.2) is 82.5 Å². The standard InChI is InChI=1S/C29H41N5O4S/c1-18-24(39-17-31-18)20-8-6-19(7-9-20)15-30-27(37)23-14-22(35)16-34(23)28(38)25(29(2,3)4)32-26(36)21-10-12-33(5)13-11-21/h6-9,17,21-23,25,35H,10-16H2,1-5H3,(H,30,37)(H,32,36)/t22-,23+,25-/m1/s1. The summed E-state index contributed by atoms with van der Waals surface area (Å²) in [5, 5.41) is 16.4. The molecule has 0 aliphatic carbocycles. The van der Waals surface area contributed by atoms with Gasteiger partial charge in [-0.1, -0.05) is 45.0 Å². The highest BCUT2D eigenvalue weighted by Crippen LogP contribution is 2.29. The Morgan fingerprint density at radius 2 is 1.79 bits per heavy atom. The van der Waals surface area contributed by atoms with Crippen molar-refractivity contribution in [2.75, 3.05) is 26.7 Å². The van der Waals surface area contributed by atoms with E-state index in [1.165, 1.54) is 4.90 Å². The molecule has 3 heterocycles. The topological polar surface area (TPSA) is 115 Å². The molecule has 39 heavy (non-hydrogen) atoms. The van der Waals surface area contributed by atoms with Crippen LogP contribution in [0.3, 0.4) is 0 Å². The normalized spacial score (nSPS) is 21.5. The first kappa shape index (κ1) is 29.2. The third-order valence-electron chi connectivity index (χ3n) is 7.78. The summed E-state index contributed by atoms with van der Waals surface area (Å²) in [6, 6.07) is 6.37. The number of hydrogen-bond acceptors (Lipinski definition) is 7. The number of aliphatic hydroxyl groups is 1. The SMILES string of the molecule is Cc1ncsc1-c1ccc(CNC(=O)[C@@H]2C[C@@H](O)CN2C(=O)[C@@H](NC(=O)C2CCN(C)CC2)C(C)(C)C)cc1. The molecule has 2 saturated heterocycles. The first-order valence-corrected chi connectivity index (χ1v) is 14.6. The minimum atomic E-state index is -0.798. The van der Waals surface area contributed by atoms with E-state index in [0.717, 1.165) is 47.6 Å². The van der Waals surface area contributed by atoms with E-state index < -0.39 is 23.6 Å². The summed E-state index contributed by atoms with van der Waals surface area (Å²) in [7, 11) is 2.04. The van der Waals surface area contributed by atoms with Gasteiger partial charge in [0.05, 0.1) is 22.2 Å². The van der Waals surface area contributed by atoms with Gasteiger partial charge in [-0.25, -0.2) is 4.98 Å². The molecule has 3 amide bonds. The summed E-state index contributed by atoms with van der Waals surface area (Å²) in [5.41, 5.74) is 4.26. The van der Waals surface area contributed by atoms with Gasteiger partial charge in [-0.15, -0.1) is 11.3 Å². The molecule has 1 aromatic heterocycles. The number of benzene rings is 1. The Balaban J connectivity index is 1.40. The molecule has 0 unspecified atom stereocenters. The molecule has 9 nitrogen and oxygen atoms in total. The van der Waals surface area contributed by atoms with E-state index in [4.69, 9.17) is 0 Å². The van der Waals surface area contributed by atoms with Gasteiger partial charge in [-0.05, 0) is 56.4 Å². The number of hydrogen-bond donors (Lipinski definition) is 3. The zero-order valence-electron chi connectivity index (χ0n) is 23.6. The highest BCUT2D eigenvalue weighted by Gasteiger charge is 2.45. The predicted octanol–water partition coefficient (Wildman–Crippen LogP) is 2.57. The summed E-state index contributed by atoms with van der Waals surface area (Å²) >= 11 is 1.59. The van der Waals surface area contributed by atoms with E-state index in [1.54, 1.807) is 11.3 Å². The minimum absolute atomic E-state index is 0.0660. The number of β-amino-alcohol motifs (C(OH)–C–C–N with tert-alkyl or cyclic N) is 1. The Kier molecular flexibility index (Phi) is 9.08. The molecule has 212 valence electrons. The van der Waals surface area contributed by atoms with Crippen molar-refractivity contribution in [3.8, 4) is 10.4 Å². The lowest BCUT2D eigenvalue weighted by Gasteiger charge is -2.37. The summed E-state index contributed by atoms with van der Waals surface area (Å²) in [5.74, 6) is -0.885. The Morgan fingerprint density at radius 3 is 2.38 bits per heavy atom. The molecular weight excluding hydrogens is 514 g/mol. The Hall–Kier alpha value is -2.82. The van der Waals surface area contributed by atoms with Crippen LogP contribution in [0.15, 0.2) is 29.8 Å². The van der Waals surface area contributed by atoms with E-state index in [2.05, 4.69) is 20.5 Å². The fourth-order valence-corrected chi connectivity index (χ4v) is 6.12. The van der Waals surface area contributed by atoms with Crippen molar-refractivity contribution >= 4 is 29.1 Å². The predicted molar refractivity (Wildman–Crippen MR) is 152 cm³/mol. The maximum absolute atomic E-state index is 13.8. The van der Waals surface area contributed by atoms with Crippen molar-refractivity contribution in [3.05, 3.63) is 41.0 Å². The second kappa shape index (κ2) is 12.1. The number of likely N-dealkylation sites (tertiary alicyclic amines) is 2. The number of aryl methyl sites for hydroxylation is 1. The molecular formula is C29H41N5O4S. The maximum Gasteiger partial charge on any atom is 0.246 e. The van der Waals surface area contributed by atoms with E-state index in [0.29, 0.717) is 6.54 Å². The molecule has 1 aromatic carbocycles. The number of nitrogens with zero attached hydrogens (tertiary/aromatic N) is 3. The van der Waals surface area contributed by atoms with E-state index in [1.807, 2.05) is 64.5 Å². The second-order valence-electron chi connectivity index (χ2n) is 12.0.